The number of carbonyl (C=O) groups is 5. The number of carboxylic acid groups (broad SMARTS) is 4. The fraction of sp³-hybridized carbons (Fsp3) is 0.200. The lowest BCUT2D eigenvalue weighted by Crippen LogP contribution is -2.42. The standard InChI is InChI=1S/C19H15ClN2O4.C6H8O7/c20-13-7-5-11(6-8-13)18(24)22-16(19(25)26)9-12-10-17(23)21-15-4-2-1-3-14(12)15;7-3(8)1-6(13,5(11)12)2-4(9)10/h1-8,10,16H,9H2,(H,21,23)(H,22,24)(H,25,26);13H,1-2H2,(H,7,8)(H,9,10)(H,11,12). The third-order valence-electron chi connectivity index (χ3n) is 5.26. The van der Waals surface area contributed by atoms with E-state index in [1.54, 1.807) is 36.4 Å². The molecule has 13 nitrogen and oxygen atoms in total. The first-order valence-electron chi connectivity index (χ1n) is 11.0. The number of hydrogen-bond donors (Lipinski definition) is 7. The largest absolute Gasteiger partial charge is 0.481 e. The van der Waals surface area contributed by atoms with Crippen LogP contribution in [-0.4, -0.2) is 71.9 Å². The topological polar surface area (TPSA) is 231 Å². The van der Waals surface area contributed by atoms with Gasteiger partial charge in [0.15, 0.2) is 5.60 Å². The first-order valence-corrected chi connectivity index (χ1v) is 11.4. The summed E-state index contributed by atoms with van der Waals surface area (Å²) in [6.07, 6.45) is -2.30. The number of aliphatic carboxylic acids is 4. The van der Waals surface area contributed by atoms with Crippen molar-refractivity contribution in [1.29, 1.82) is 0 Å². The number of pyridine rings is 1. The Labute approximate surface area is 224 Å². The minimum atomic E-state index is -2.74. The van der Waals surface area contributed by atoms with Gasteiger partial charge in [-0.15, -0.1) is 0 Å². The molecule has 2 aromatic carbocycles. The number of amides is 1. The Morgan fingerprint density at radius 3 is 1.97 bits per heavy atom. The predicted molar refractivity (Wildman–Crippen MR) is 136 cm³/mol. The minimum Gasteiger partial charge on any atom is -0.481 e. The molecule has 0 saturated carbocycles. The lowest BCUT2D eigenvalue weighted by molar-refractivity contribution is -0.170. The third kappa shape index (κ3) is 8.94. The summed E-state index contributed by atoms with van der Waals surface area (Å²) in [6, 6.07) is 13.4. The van der Waals surface area contributed by atoms with Crippen LogP contribution in [0.15, 0.2) is 59.4 Å². The maximum atomic E-state index is 12.3. The van der Waals surface area contributed by atoms with Gasteiger partial charge >= 0.3 is 23.9 Å². The van der Waals surface area contributed by atoms with Gasteiger partial charge < -0.3 is 35.8 Å². The zero-order valence-corrected chi connectivity index (χ0v) is 20.7. The van der Waals surface area contributed by atoms with Gasteiger partial charge in [-0.25, -0.2) is 9.59 Å². The summed E-state index contributed by atoms with van der Waals surface area (Å²) in [5.41, 5.74) is -1.60. The molecule has 3 aromatic rings. The molecule has 39 heavy (non-hydrogen) atoms. The summed E-state index contributed by atoms with van der Waals surface area (Å²) in [5.74, 6) is -6.73. The number of carboxylic acids is 4. The van der Waals surface area contributed by atoms with Gasteiger partial charge in [-0.05, 0) is 35.9 Å². The van der Waals surface area contributed by atoms with Gasteiger partial charge in [0.2, 0.25) is 5.56 Å². The van der Waals surface area contributed by atoms with Crippen LogP contribution >= 0.6 is 11.6 Å². The monoisotopic (exact) mass is 562 g/mol. The maximum Gasteiger partial charge on any atom is 0.336 e. The number of benzene rings is 2. The Morgan fingerprint density at radius 1 is 0.897 bits per heavy atom. The highest BCUT2D eigenvalue weighted by Crippen LogP contribution is 2.17. The number of aromatic nitrogens is 1. The first kappa shape index (κ1) is 30.5. The second kappa shape index (κ2) is 13.2. The van der Waals surface area contributed by atoms with E-state index in [4.69, 9.17) is 32.0 Å². The molecule has 14 heteroatoms. The molecule has 1 amide bonds. The van der Waals surface area contributed by atoms with Crippen LogP contribution in [0.25, 0.3) is 10.9 Å². The number of hydrogen-bond acceptors (Lipinski definition) is 7. The van der Waals surface area contributed by atoms with Crippen LogP contribution in [-0.2, 0) is 25.6 Å². The Kier molecular flexibility index (Phi) is 10.3. The number of fused-ring (bicyclic) bond motifs is 1. The molecule has 0 aliphatic carbocycles. The second-order valence-electron chi connectivity index (χ2n) is 8.26. The lowest BCUT2D eigenvalue weighted by atomic mass is 9.96. The lowest BCUT2D eigenvalue weighted by Gasteiger charge is -2.18. The third-order valence-corrected chi connectivity index (χ3v) is 5.51. The highest BCUT2D eigenvalue weighted by atomic mass is 35.5. The molecule has 0 aliphatic rings. The Bertz CT molecular complexity index is 1430. The van der Waals surface area contributed by atoms with Crippen molar-refractivity contribution in [3.8, 4) is 0 Å². The summed E-state index contributed by atoms with van der Waals surface area (Å²) >= 11 is 5.79. The number of nitrogens with one attached hydrogen (secondary N) is 2. The van der Waals surface area contributed by atoms with Gasteiger partial charge in [0, 0.05) is 34.0 Å². The summed E-state index contributed by atoms with van der Waals surface area (Å²) in [7, 11) is 0. The van der Waals surface area contributed by atoms with Crippen LogP contribution in [0.5, 0.6) is 0 Å². The van der Waals surface area contributed by atoms with E-state index >= 15 is 0 Å². The van der Waals surface area contributed by atoms with Crippen LogP contribution in [0.4, 0.5) is 0 Å². The van der Waals surface area contributed by atoms with Crippen LogP contribution in [0.1, 0.15) is 28.8 Å². The molecule has 0 spiro atoms. The molecule has 1 unspecified atom stereocenters. The van der Waals surface area contributed by atoms with Gasteiger partial charge in [-0.1, -0.05) is 29.8 Å². The summed E-state index contributed by atoms with van der Waals surface area (Å²) in [6.45, 7) is 0. The fourth-order valence-corrected chi connectivity index (χ4v) is 3.55. The Balaban J connectivity index is 0.000000349. The number of aromatic amines is 1. The molecule has 7 N–H and O–H groups in total. The van der Waals surface area contributed by atoms with Crippen molar-refractivity contribution in [2.45, 2.75) is 30.9 Å². The number of rotatable bonds is 10. The van der Waals surface area contributed by atoms with E-state index in [0.717, 1.165) is 5.39 Å². The van der Waals surface area contributed by atoms with E-state index < -0.39 is 54.3 Å². The first-order chi connectivity index (χ1) is 18.2. The molecular weight excluding hydrogens is 540 g/mol. The average Bonchev–Trinajstić information content (AvgIpc) is 2.83. The number of aliphatic hydroxyl groups is 1. The van der Waals surface area contributed by atoms with Crippen molar-refractivity contribution in [3.05, 3.63) is 81.1 Å². The smallest absolute Gasteiger partial charge is 0.336 e. The van der Waals surface area contributed by atoms with Gasteiger partial charge in [0.1, 0.15) is 6.04 Å². The predicted octanol–water partition coefficient (Wildman–Crippen LogP) is 1.36. The summed E-state index contributed by atoms with van der Waals surface area (Å²) in [5, 5.41) is 47.0. The van der Waals surface area contributed by atoms with Crippen LogP contribution in [0, 0.1) is 0 Å². The van der Waals surface area contributed by atoms with Crippen molar-refractivity contribution >= 4 is 52.3 Å². The molecule has 0 fully saturated rings. The number of H-pyrrole nitrogens is 1. The average molecular weight is 563 g/mol. The Morgan fingerprint density at radius 2 is 1.46 bits per heavy atom. The number of para-hydroxylation sites is 1. The van der Waals surface area contributed by atoms with E-state index in [0.29, 0.717) is 21.7 Å². The quantitative estimate of drug-likeness (QED) is 0.186. The molecule has 3 rings (SSSR count). The van der Waals surface area contributed by atoms with Crippen LogP contribution in [0.2, 0.25) is 5.02 Å². The molecule has 206 valence electrons. The van der Waals surface area contributed by atoms with Gasteiger partial charge in [-0.3, -0.25) is 19.2 Å². The highest BCUT2D eigenvalue weighted by molar-refractivity contribution is 6.30. The molecule has 1 atom stereocenters. The number of halogens is 1. The summed E-state index contributed by atoms with van der Waals surface area (Å²) < 4.78 is 0. The molecule has 1 aromatic heterocycles. The Hall–Kier alpha value is -4.75. The second-order valence-corrected chi connectivity index (χ2v) is 8.69. The summed E-state index contributed by atoms with van der Waals surface area (Å²) in [4.78, 5) is 68.9. The van der Waals surface area contributed by atoms with E-state index in [9.17, 15) is 33.9 Å². The molecule has 0 bridgehead atoms. The normalized spacial score (nSPS) is 11.5. The van der Waals surface area contributed by atoms with Gasteiger partial charge in [-0.2, -0.15) is 0 Å². The highest BCUT2D eigenvalue weighted by Gasteiger charge is 2.40. The van der Waals surface area contributed by atoms with Crippen molar-refractivity contribution in [2.75, 3.05) is 0 Å². The van der Waals surface area contributed by atoms with Gasteiger partial charge in [0.25, 0.3) is 5.91 Å². The number of carbonyl (C=O) groups excluding carboxylic acids is 1. The van der Waals surface area contributed by atoms with Crippen LogP contribution < -0.4 is 10.9 Å². The van der Waals surface area contributed by atoms with E-state index in [1.807, 2.05) is 0 Å². The zero-order chi connectivity index (χ0) is 29.3. The van der Waals surface area contributed by atoms with E-state index in [-0.39, 0.29) is 12.0 Å². The van der Waals surface area contributed by atoms with Crippen LogP contribution in [0.3, 0.4) is 0 Å². The minimum absolute atomic E-state index is 0.0148. The SMILES string of the molecule is O=C(NC(Cc1cc(=O)[nH]c2ccccc12)C(=O)O)c1ccc(Cl)cc1.O=C(O)CC(O)(CC(=O)O)C(=O)O. The van der Waals surface area contributed by atoms with Gasteiger partial charge in [0.05, 0.1) is 12.8 Å². The fourth-order valence-electron chi connectivity index (χ4n) is 3.42. The van der Waals surface area contributed by atoms with E-state index in [1.165, 1.54) is 18.2 Å². The maximum absolute atomic E-state index is 12.3. The molecule has 0 aliphatic heterocycles. The molecule has 0 radical (unpaired) electrons. The zero-order valence-electron chi connectivity index (χ0n) is 20.0. The molecule has 1 heterocycles. The van der Waals surface area contributed by atoms with Crippen molar-refractivity contribution in [2.24, 2.45) is 0 Å². The van der Waals surface area contributed by atoms with Crippen molar-refractivity contribution in [3.63, 3.8) is 0 Å². The molecular formula is C25H23ClN2O11. The van der Waals surface area contributed by atoms with Crippen molar-refractivity contribution < 1.29 is 49.5 Å². The molecule has 0 saturated heterocycles. The van der Waals surface area contributed by atoms with Crippen molar-refractivity contribution in [1.82, 2.24) is 10.3 Å². The van der Waals surface area contributed by atoms with E-state index in [2.05, 4.69) is 10.3 Å².